The van der Waals surface area contributed by atoms with Crippen molar-refractivity contribution in [2.75, 3.05) is 32.6 Å². The highest BCUT2D eigenvalue weighted by molar-refractivity contribution is 5.99. The Morgan fingerprint density at radius 1 is 1.07 bits per heavy atom. The number of likely N-dealkylation sites (N-methyl/N-ethyl adjacent to an activating group) is 1. The lowest BCUT2D eigenvalue weighted by atomic mass is 10.2. The van der Waals surface area contributed by atoms with Crippen molar-refractivity contribution in [2.45, 2.75) is 13.8 Å². The van der Waals surface area contributed by atoms with Crippen molar-refractivity contribution in [3.63, 3.8) is 0 Å². The lowest BCUT2D eigenvalue weighted by Gasteiger charge is -2.17. The van der Waals surface area contributed by atoms with Crippen LogP contribution < -0.4 is 14.8 Å². The molecule has 0 aliphatic heterocycles. The molecule has 1 N–H and O–H groups in total. The van der Waals surface area contributed by atoms with Gasteiger partial charge in [0, 0.05) is 18.3 Å². The van der Waals surface area contributed by atoms with Crippen molar-refractivity contribution in [1.29, 1.82) is 0 Å². The number of benzene rings is 2. The molecule has 0 aliphatic rings. The molecule has 2 aromatic rings. The minimum absolute atomic E-state index is 0.0536. The van der Waals surface area contributed by atoms with Gasteiger partial charge in [0.05, 0.1) is 20.3 Å². The summed E-state index contributed by atoms with van der Waals surface area (Å²) in [7, 11) is 3.18. The van der Waals surface area contributed by atoms with Gasteiger partial charge in [-0.3, -0.25) is 9.59 Å². The van der Waals surface area contributed by atoms with Crippen LogP contribution in [-0.2, 0) is 4.79 Å². The third-order valence-electron chi connectivity index (χ3n) is 3.77. The van der Waals surface area contributed by atoms with Crippen LogP contribution in [0.3, 0.4) is 0 Å². The van der Waals surface area contributed by atoms with Crippen LogP contribution in [0.15, 0.2) is 48.5 Å². The summed E-state index contributed by atoms with van der Waals surface area (Å²) in [5.41, 5.74) is 1.13. The number of nitrogens with zero attached hydrogens (tertiary/aromatic N) is 1. The second-order valence-corrected chi connectivity index (χ2v) is 6.67. The standard InChI is InChI=1S/C21H26N2O4/c1-15(2)14-27-19-7-5-6-16(12-19)21(25)23(3)13-20(24)22-17-8-10-18(26-4)11-9-17/h5-12,15H,13-14H2,1-4H3,(H,22,24). The molecular weight excluding hydrogens is 344 g/mol. The molecule has 0 atom stereocenters. The van der Waals surface area contributed by atoms with Crippen LogP contribution in [0.2, 0.25) is 0 Å². The highest BCUT2D eigenvalue weighted by Crippen LogP contribution is 2.17. The molecule has 2 amide bonds. The van der Waals surface area contributed by atoms with Crippen molar-refractivity contribution in [2.24, 2.45) is 5.92 Å². The Morgan fingerprint density at radius 3 is 2.41 bits per heavy atom. The largest absolute Gasteiger partial charge is 0.497 e. The normalized spacial score (nSPS) is 10.4. The zero-order valence-electron chi connectivity index (χ0n) is 16.2. The van der Waals surface area contributed by atoms with Gasteiger partial charge in [0.2, 0.25) is 5.91 Å². The second kappa shape index (κ2) is 9.62. The van der Waals surface area contributed by atoms with E-state index in [1.807, 2.05) is 6.07 Å². The molecule has 144 valence electrons. The Hall–Kier alpha value is -3.02. The summed E-state index contributed by atoms with van der Waals surface area (Å²) in [6.45, 7) is 4.65. The minimum Gasteiger partial charge on any atom is -0.497 e. The summed E-state index contributed by atoms with van der Waals surface area (Å²) in [6, 6.07) is 14.0. The lowest BCUT2D eigenvalue weighted by molar-refractivity contribution is -0.116. The van der Waals surface area contributed by atoms with Crippen LogP contribution in [-0.4, -0.2) is 44.0 Å². The Labute approximate surface area is 160 Å². The number of anilines is 1. The summed E-state index contributed by atoms with van der Waals surface area (Å²) < 4.78 is 10.7. The highest BCUT2D eigenvalue weighted by atomic mass is 16.5. The highest BCUT2D eigenvalue weighted by Gasteiger charge is 2.16. The number of hydrogen-bond acceptors (Lipinski definition) is 4. The van der Waals surface area contributed by atoms with E-state index in [2.05, 4.69) is 19.2 Å². The summed E-state index contributed by atoms with van der Waals surface area (Å²) >= 11 is 0. The van der Waals surface area contributed by atoms with E-state index in [0.717, 1.165) is 0 Å². The van der Waals surface area contributed by atoms with Gasteiger partial charge in [0.25, 0.3) is 5.91 Å². The number of rotatable bonds is 8. The summed E-state index contributed by atoms with van der Waals surface area (Å²) in [4.78, 5) is 26.2. The zero-order valence-corrected chi connectivity index (χ0v) is 16.2. The molecule has 6 nitrogen and oxygen atoms in total. The quantitative estimate of drug-likeness (QED) is 0.773. The van der Waals surface area contributed by atoms with Crippen LogP contribution in [0.4, 0.5) is 5.69 Å². The van der Waals surface area contributed by atoms with Crippen molar-refractivity contribution < 1.29 is 19.1 Å². The monoisotopic (exact) mass is 370 g/mol. The predicted molar refractivity (Wildman–Crippen MR) is 105 cm³/mol. The third kappa shape index (κ3) is 6.33. The molecule has 2 aromatic carbocycles. The zero-order chi connectivity index (χ0) is 19.8. The van der Waals surface area contributed by atoms with E-state index in [0.29, 0.717) is 35.3 Å². The average Bonchev–Trinajstić information content (AvgIpc) is 2.66. The number of ether oxygens (including phenoxy) is 2. The molecule has 0 aliphatic carbocycles. The number of carbonyl (C=O) groups is 2. The average molecular weight is 370 g/mol. The fourth-order valence-corrected chi connectivity index (χ4v) is 2.36. The van der Waals surface area contributed by atoms with Crippen LogP contribution in [0.25, 0.3) is 0 Å². The van der Waals surface area contributed by atoms with Gasteiger partial charge in [0.1, 0.15) is 11.5 Å². The Balaban J connectivity index is 1.93. The Kier molecular flexibility index (Phi) is 7.23. The molecule has 0 spiro atoms. The van der Waals surface area contributed by atoms with Crippen molar-refractivity contribution >= 4 is 17.5 Å². The fraction of sp³-hybridized carbons (Fsp3) is 0.333. The number of carbonyl (C=O) groups excluding carboxylic acids is 2. The summed E-state index contributed by atoms with van der Waals surface area (Å²) in [6.07, 6.45) is 0. The van der Waals surface area contributed by atoms with Crippen LogP contribution in [0.5, 0.6) is 11.5 Å². The van der Waals surface area contributed by atoms with Gasteiger partial charge in [-0.15, -0.1) is 0 Å². The third-order valence-corrected chi connectivity index (χ3v) is 3.77. The molecule has 0 aromatic heterocycles. The van der Waals surface area contributed by atoms with Crippen LogP contribution in [0.1, 0.15) is 24.2 Å². The van der Waals surface area contributed by atoms with Crippen molar-refractivity contribution in [3.8, 4) is 11.5 Å². The first-order valence-electron chi connectivity index (χ1n) is 8.81. The van der Waals surface area contributed by atoms with E-state index in [9.17, 15) is 9.59 Å². The topological polar surface area (TPSA) is 67.9 Å². The smallest absolute Gasteiger partial charge is 0.254 e. The Bertz CT molecular complexity index is 772. The van der Waals surface area contributed by atoms with Gasteiger partial charge < -0.3 is 19.7 Å². The molecule has 0 fully saturated rings. The lowest BCUT2D eigenvalue weighted by Crippen LogP contribution is -2.34. The molecule has 0 heterocycles. The van der Waals surface area contributed by atoms with Crippen molar-refractivity contribution in [1.82, 2.24) is 4.90 Å². The first-order chi connectivity index (χ1) is 12.9. The van der Waals surface area contributed by atoms with E-state index in [1.165, 1.54) is 4.90 Å². The number of methoxy groups -OCH3 is 1. The molecular formula is C21H26N2O4. The molecule has 0 saturated heterocycles. The fourth-order valence-electron chi connectivity index (χ4n) is 2.36. The molecule has 0 saturated carbocycles. The van der Waals surface area contributed by atoms with Crippen LogP contribution >= 0.6 is 0 Å². The van der Waals surface area contributed by atoms with E-state index in [-0.39, 0.29) is 18.4 Å². The number of nitrogens with one attached hydrogen (secondary N) is 1. The maximum Gasteiger partial charge on any atom is 0.254 e. The predicted octanol–water partition coefficient (Wildman–Crippen LogP) is 3.44. The van der Waals surface area contributed by atoms with Gasteiger partial charge in [-0.2, -0.15) is 0 Å². The van der Waals surface area contributed by atoms with E-state index >= 15 is 0 Å². The van der Waals surface area contributed by atoms with Gasteiger partial charge in [0.15, 0.2) is 0 Å². The minimum atomic E-state index is -0.275. The molecule has 0 radical (unpaired) electrons. The molecule has 0 unspecified atom stereocenters. The maximum absolute atomic E-state index is 12.6. The molecule has 6 heteroatoms. The molecule has 0 bridgehead atoms. The molecule has 2 rings (SSSR count). The summed E-state index contributed by atoms with van der Waals surface area (Å²) in [5.74, 6) is 1.23. The molecule has 27 heavy (non-hydrogen) atoms. The van der Waals surface area contributed by atoms with E-state index in [4.69, 9.17) is 9.47 Å². The van der Waals surface area contributed by atoms with Gasteiger partial charge in [-0.25, -0.2) is 0 Å². The van der Waals surface area contributed by atoms with Crippen LogP contribution in [0, 0.1) is 5.92 Å². The van der Waals surface area contributed by atoms with E-state index < -0.39 is 0 Å². The van der Waals surface area contributed by atoms with Gasteiger partial charge in [-0.05, 0) is 48.4 Å². The number of hydrogen-bond donors (Lipinski definition) is 1. The number of amides is 2. The van der Waals surface area contributed by atoms with Gasteiger partial charge >= 0.3 is 0 Å². The van der Waals surface area contributed by atoms with Crippen molar-refractivity contribution in [3.05, 3.63) is 54.1 Å². The second-order valence-electron chi connectivity index (χ2n) is 6.67. The van der Waals surface area contributed by atoms with E-state index in [1.54, 1.807) is 56.6 Å². The summed E-state index contributed by atoms with van der Waals surface area (Å²) in [5, 5.41) is 2.76. The first-order valence-corrected chi connectivity index (χ1v) is 8.81. The Morgan fingerprint density at radius 2 is 1.78 bits per heavy atom. The van der Waals surface area contributed by atoms with Gasteiger partial charge in [-0.1, -0.05) is 19.9 Å². The first kappa shape index (κ1) is 20.3. The SMILES string of the molecule is COc1ccc(NC(=O)CN(C)C(=O)c2cccc(OCC(C)C)c2)cc1. The maximum atomic E-state index is 12.6.